The Hall–Kier alpha value is -3.02. The molecular weight excluding hydrogens is 350 g/mol. The van der Waals surface area contributed by atoms with Crippen LogP contribution in [0.4, 0.5) is 5.69 Å². The van der Waals surface area contributed by atoms with Gasteiger partial charge in [-0.1, -0.05) is 49.4 Å². The molecule has 3 rings (SSSR count). The first-order valence-electron chi connectivity index (χ1n) is 9.76. The van der Waals surface area contributed by atoms with Crippen molar-refractivity contribution in [3.8, 4) is 0 Å². The highest BCUT2D eigenvalue weighted by Gasteiger charge is 2.16. The van der Waals surface area contributed by atoms with Gasteiger partial charge in [-0.15, -0.1) is 0 Å². The summed E-state index contributed by atoms with van der Waals surface area (Å²) in [6.45, 7) is 5.69. The lowest BCUT2D eigenvalue weighted by molar-refractivity contribution is -0.120. The summed E-state index contributed by atoms with van der Waals surface area (Å²) < 4.78 is 0. The number of hydrogen-bond acceptors (Lipinski definition) is 3. The first kappa shape index (κ1) is 19.7. The van der Waals surface area contributed by atoms with Crippen LogP contribution in [0.15, 0.2) is 59.6 Å². The highest BCUT2D eigenvalue weighted by molar-refractivity contribution is 5.82. The average molecular weight is 380 g/mol. The maximum Gasteiger partial charge on any atom is 0.239 e. The molecule has 1 aliphatic heterocycles. The van der Waals surface area contributed by atoms with Gasteiger partial charge in [-0.05, 0) is 29.2 Å². The number of carbonyl (C=O) groups is 1. The van der Waals surface area contributed by atoms with E-state index < -0.39 is 0 Å². The van der Waals surface area contributed by atoms with E-state index in [0.29, 0.717) is 25.6 Å². The second kappa shape index (κ2) is 9.78. The highest BCUT2D eigenvalue weighted by Crippen LogP contribution is 2.16. The number of anilines is 1. The maximum absolute atomic E-state index is 11.5. The molecule has 6 heteroatoms. The zero-order valence-electron chi connectivity index (χ0n) is 16.6. The Bertz CT molecular complexity index is 788. The van der Waals surface area contributed by atoms with Crippen molar-refractivity contribution in [2.75, 3.05) is 38.1 Å². The van der Waals surface area contributed by atoms with Crippen LogP contribution >= 0.6 is 0 Å². The smallest absolute Gasteiger partial charge is 0.239 e. The van der Waals surface area contributed by atoms with Crippen molar-refractivity contribution >= 4 is 17.6 Å². The molecule has 0 radical (unpaired) electrons. The van der Waals surface area contributed by atoms with Crippen LogP contribution in [0.25, 0.3) is 0 Å². The van der Waals surface area contributed by atoms with Crippen LogP contribution in [0.2, 0.25) is 0 Å². The summed E-state index contributed by atoms with van der Waals surface area (Å²) in [6, 6.07) is 18.8. The summed E-state index contributed by atoms with van der Waals surface area (Å²) >= 11 is 0. The molecule has 2 aromatic carbocycles. The largest absolute Gasteiger partial charge is 0.360 e. The van der Waals surface area contributed by atoms with E-state index in [1.807, 2.05) is 6.07 Å². The molecule has 0 aliphatic carbocycles. The van der Waals surface area contributed by atoms with Gasteiger partial charge in [0, 0.05) is 38.9 Å². The normalized spacial score (nSPS) is 15.7. The molecule has 1 unspecified atom stereocenters. The minimum Gasteiger partial charge on any atom is -0.360 e. The summed E-state index contributed by atoms with van der Waals surface area (Å²) in [5.74, 6) is 1.27. The van der Waals surface area contributed by atoms with Gasteiger partial charge < -0.3 is 20.9 Å². The van der Waals surface area contributed by atoms with Crippen LogP contribution in [0.1, 0.15) is 24.0 Å². The van der Waals surface area contributed by atoms with Crippen LogP contribution in [0.5, 0.6) is 0 Å². The van der Waals surface area contributed by atoms with Gasteiger partial charge in [-0.3, -0.25) is 9.79 Å². The van der Waals surface area contributed by atoms with Crippen molar-refractivity contribution in [2.24, 2.45) is 4.99 Å². The topological polar surface area (TPSA) is 68.8 Å². The number of hydrogen-bond donors (Lipinski definition) is 3. The number of carbonyl (C=O) groups excluding carboxylic acids is 1. The number of nitrogens with one attached hydrogen (secondary N) is 3. The molecule has 148 valence electrons. The van der Waals surface area contributed by atoms with Crippen LogP contribution in [0.3, 0.4) is 0 Å². The number of piperazine rings is 1. The molecule has 1 aliphatic rings. The van der Waals surface area contributed by atoms with Crippen LogP contribution in [0, 0.1) is 0 Å². The third-order valence-corrected chi connectivity index (χ3v) is 4.97. The predicted molar refractivity (Wildman–Crippen MR) is 115 cm³/mol. The third-order valence-electron chi connectivity index (χ3n) is 4.97. The molecule has 2 aromatic rings. The predicted octanol–water partition coefficient (Wildman–Crippen LogP) is 2.09. The van der Waals surface area contributed by atoms with E-state index in [0.717, 1.165) is 24.7 Å². The summed E-state index contributed by atoms with van der Waals surface area (Å²) in [5, 5.41) is 9.60. The molecule has 0 saturated carbocycles. The van der Waals surface area contributed by atoms with Gasteiger partial charge in [0.05, 0.1) is 6.54 Å². The van der Waals surface area contributed by atoms with Gasteiger partial charge in [-0.25, -0.2) is 0 Å². The number of nitrogens with zero attached hydrogens (tertiary/aromatic N) is 2. The van der Waals surface area contributed by atoms with E-state index in [1.165, 1.54) is 11.1 Å². The molecule has 28 heavy (non-hydrogen) atoms. The SMILES string of the molecule is CN=C(NCc1ccc(N2CCNC(=O)C2)cc1)NCC(C)c1ccccc1. The molecular formula is C22H29N5O. The summed E-state index contributed by atoms with van der Waals surface area (Å²) in [6.07, 6.45) is 0. The Kier molecular flexibility index (Phi) is 6.89. The second-order valence-electron chi connectivity index (χ2n) is 7.06. The lowest BCUT2D eigenvalue weighted by atomic mass is 10.0. The molecule has 1 heterocycles. The van der Waals surface area contributed by atoms with Gasteiger partial charge in [0.25, 0.3) is 0 Å². The zero-order valence-corrected chi connectivity index (χ0v) is 16.6. The van der Waals surface area contributed by atoms with Crippen molar-refractivity contribution in [1.29, 1.82) is 0 Å². The summed E-state index contributed by atoms with van der Waals surface area (Å²) in [4.78, 5) is 17.9. The Morgan fingerprint density at radius 3 is 2.57 bits per heavy atom. The molecule has 6 nitrogen and oxygen atoms in total. The molecule has 0 bridgehead atoms. The summed E-state index contributed by atoms with van der Waals surface area (Å²) in [5.41, 5.74) is 3.56. The van der Waals surface area contributed by atoms with Crippen LogP contribution in [-0.4, -0.2) is 45.1 Å². The fourth-order valence-corrected chi connectivity index (χ4v) is 3.24. The number of amides is 1. The number of benzene rings is 2. The van der Waals surface area contributed by atoms with E-state index in [2.05, 4.69) is 81.3 Å². The molecule has 1 saturated heterocycles. The monoisotopic (exact) mass is 379 g/mol. The van der Waals surface area contributed by atoms with Crippen molar-refractivity contribution < 1.29 is 4.79 Å². The minimum atomic E-state index is 0.0802. The average Bonchev–Trinajstić information content (AvgIpc) is 2.74. The fraction of sp³-hybridized carbons (Fsp3) is 0.364. The van der Waals surface area contributed by atoms with Crippen molar-refractivity contribution in [1.82, 2.24) is 16.0 Å². The molecule has 0 spiro atoms. The van der Waals surface area contributed by atoms with Gasteiger partial charge in [-0.2, -0.15) is 0 Å². The molecule has 3 N–H and O–H groups in total. The minimum absolute atomic E-state index is 0.0802. The van der Waals surface area contributed by atoms with E-state index in [4.69, 9.17) is 0 Å². The van der Waals surface area contributed by atoms with Crippen LogP contribution in [-0.2, 0) is 11.3 Å². The van der Waals surface area contributed by atoms with Gasteiger partial charge in [0.15, 0.2) is 5.96 Å². The highest BCUT2D eigenvalue weighted by atomic mass is 16.2. The molecule has 1 fully saturated rings. The standard InChI is InChI=1S/C22H29N5O/c1-17(19-6-4-3-5-7-19)14-25-22(23-2)26-15-18-8-10-20(11-9-18)27-13-12-24-21(28)16-27/h3-11,17H,12-16H2,1-2H3,(H,24,28)(H2,23,25,26). The molecule has 1 amide bonds. The molecule has 1 atom stereocenters. The van der Waals surface area contributed by atoms with E-state index >= 15 is 0 Å². The maximum atomic E-state index is 11.5. The second-order valence-corrected chi connectivity index (χ2v) is 7.06. The van der Waals surface area contributed by atoms with E-state index in [1.54, 1.807) is 7.05 Å². The van der Waals surface area contributed by atoms with Gasteiger partial charge in [0.1, 0.15) is 0 Å². The van der Waals surface area contributed by atoms with Crippen LogP contribution < -0.4 is 20.9 Å². The zero-order chi connectivity index (χ0) is 19.8. The van der Waals surface area contributed by atoms with Crippen molar-refractivity contribution in [3.63, 3.8) is 0 Å². The number of rotatable bonds is 6. The lowest BCUT2D eigenvalue weighted by Crippen LogP contribution is -2.47. The van der Waals surface area contributed by atoms with E-state index in [9.17, 15) is 4.79 Å². The summed E-state index contributed by atoms with van der Waals surface area (Å²) in [7, 11) is 1.78. The fourth-order valence-electron chi connectivity index (χ4n) is 3.24. The number of aliphatic imine (C=N–C) groups is 1. The van der Waals surface area contributed by atoms with Gasteiger partial charge in [0.2, 0.25) is 5.91 Å². The van der Waals surface area contributed by atoms with Gasteiger partial charge >= 0.3 is 0 Å². The third kappa shape index (κ3) is 5.49. The Morgan fingerprint density at radius 2 is 1.89 bits per heavy atom. The first-order valence-corrected chi connectivity index (χ1v) is 9.76. The molecule has 0 aromatic heterocycles. The van der Waals surface area contributed by atoms with Crippen molar-refractivity contribution in [2.45, 2.75) is 19.4 Å². The lowest BCUT2D eigenvalue weighted by Gasteiger charge is -2.28. The first-order chi connectivity index (χ1) is 13.7. The Morgan fingerprint density at radius 1 is 1.14 bits per heavy atom. The Balaban J connectivity index is 1.47. The van der Waals surface area contributed by atoms with Crippen molar-refractivity contribution in [3.05, 3.63) is 65.7 Å². The van der Waals surface area contributed by atoms with E-state index in [-0.39, 0.29) is 5.91 Å². The number of guanidine groups is 1. The quantitative estimate of drug-likeness (QED) is 0.531. The Labute approximate surface area is 167 Å².